The number of allylic oxidation sites excluding steroid dienone is 1. The van der Waals surface area contributed by atoms with E-state index in [1.165, 1.54) is 5.56 Å². The van der Waals surface area contributed by atoms with Crippen LogP contribution in [-0.2, 0) is 10.2 Å². The smallest absolute Gasteiger partial charge is 0.259 e. The normalized spacial score (nSPS) is 18.3. The Morgan fingerprint density at radius 2 is 1.56 bits per heavy atom. The molecule has 2 aliphatic rings. The summed E-state index contributed by atoms with van der Waals surface area (Å²) in [5.41, 5.74) is 6.47. The summed E-state index contributed by atoms with van der Waals surface area (Å²) in [5, 5.41) is 4.10. The van der Waals surface area contributed by atoms with Gasteiger partial charge in [-0.05, 0) is 76.9 Å². The SMILES string of the molecule is COc1ccc(C(=O)N2c3ccccc3NC3=C(C(=O)C[C@@H](c4ccc(C(C)(C)C)cc4)C3)[C@H]2c2ccccc2Cl)cc1. The minimum Gasteiger partial charge on any atom is -0.497 e. The van der Waals surface area contributed by atoms with E-state index in [2.05, 4.69) is 50.4 Å². The first-order valence-corrected chi connectivity index (χ1v) is 15.0. The molecule has 1 amide bonds. The first kappa shape index (κ1) is 28.8. The van der Waals surface area contributed by atoms with E-state index in [9.17, 15) is 9.59 Å². The molecular formula is C37H35ClN2O3. The lowest BCUT2D eigenvalue weighted by Gasteiger charge is -2.35. The van der Waals surface area contributed by atoms with Crippen LogP contribution >= 0.6 is 11.6 Å². The van der Waals surface area contributed by atoms with Gasteiger partial charge in [-0.2, -0.15) is 0 Å². The maximum absolute atomic E-state index is 14.5. The van der Waals surface area contributed by atoms with E-state index < -0.39 is 6.04 Å². The number of hydrogen-bond acceptors (Lipinski definition) is 4. The highest BCUT2D eigenvalue weighted by Gasteiger charge is 2.42. The molecule has 0 saturated heterocycles. The Morgan fingerprint density at radius 1 is 0.884 bits per heavy atom. The van der Waals surface area contributed by atoms with Gasteiger partial charge in [0.15, 0.2) is 5.78 Å². The predicted octanol–water partition coefficient (Wildman–Crippen LogP) is 8.86. The number of carbonyl (C=O) groups is 2. The lowest BCUT2D eigenvalue weighted by molar-refractivity contribution is -0.116. The fourth-order valence-corrected chi connectivity index (χ4v) is 6.41. The van der Waals surface area contributed by atoms with E-state index in [0.717, 1.165) is 16.9 Å². The van der Waals surface area contributed by atoms with Gasteiger partial charge in [0.1, 0.15) is 5.75 Å². The van der Waals surface area contributed by atoms with Crippen LogP contribution in [0.25, 0.3) is 0 Å². The van der Waals surface area contributed by atoms with Crippen LogP contribution in [-0.4, -0.2) is 18.8 Å². The number of ketones is 1. The van der Waals surface area contributed by atoms with Crippen molar-refractivity contribution in [3.05, 3.63) is 136 Å². The van der Waals surface area contributed by atoms with Crippen LogP contribution in [0.1, 0.15) is 72.6 Å². The fourth-order valence-electron chi connectivity index (χ4n) is 6.17. The second-order valence-electron chi connectivity index (χ2n) is 12.3. The molecular weight excluding hydrogens is 556 g/mol. The number of ether oxygens (including phenoxy) is 1. The molecule has 4 aromatic carbocycles. The number of Topliss-reactive ketones (excluding diaryl/α,β-unsaturated/α-hetero) is 1. The number of nitrogens with one attached hydrogen (secondary N) is 1. The van der Waals surface area contributed by atoms with Gasteiger partial charge in [0, 0.05) is 28.3 Å². The molecule has 0 bridgehead atoms. The number of methoxy groups -OCH3 is 1. The first-order valence-electron chi connectivity index (χ1n) is 14.6. The van der Waals surface area contributed by atoms with Gasteiger partial charge in [0.25, 0.3) is 5.91 Å². The van der Waals surface area contributed by atoms with Crippen molar-refractivity contribution in [2.24, 2.45) is 0 Å². The zero-order chi connectivity index (χ0) is 30.3. The number of para-hydroxylation sites is 2. The molecule has 1 aliphatic carbocycles. The number of halogens is 1. The second kappa shape index (κ2) is 11.4. The van der Waals surface area contributed by atoms with Crippen molar-refractivity contribution in [1.82, 2.24) is 0 Å². The highest BCUT2D eigenvalue weighted by atomic mass is 35.5. The van der Waals surface area contributed by atoms with Gasteiger partial charge >= 0.3 is 0 Å². The molecule has 0 unspecified atom stereocenters. The van der Waals surface area contributed by atoms with Gasteiger partial charge in [-0.3, -0.25) is 14.5 Å². The number of nitrogens with zero attached hydrogens (tertiary/aromatic N) is 1. The van der Waals surface area contributed by atoms with Crippen molar-refractivity contribution in [3.63, 3.8) is 0 Å². The van der Waals surface area contributed by atoms with Crippen LogP contribution in [0.2, 0.25) is 5.02 Å². The molecule has 1 heterocycles. The molecule has 6 rings (SSSR count). The summed E-state index contributed by atoms with van der Waals surface area (Å²) >= 11 is 6.84. The van der Waals surface area contributed by atoms with E-state index in [1.54, 1.807) is 36.3 Å². The van der Waals surface area contributed by atoms with Crippen LogP contribution in [0.4, 0.5) is 11.4 Å². The minimum absolute atomic E-state index is 0.00362. The summed E-state index contributed by atoms with van der Waals surface area (Å²) in [6, 6.07) is 30.2. The van der Waals surface area contributed by atoms with Crippen LogP contribution in [0.15, 0.2) is 108 Å². The molecule has 0 fully saturated rings. The summed E-state index contributed by atoms with van der Waals surface area (Å²) in [5.74, 6) is 0.439. The molecule has 1 aliphatic heterocycles. The molecule has 6 heteroatoms. The lowest BCUT2D eigenvalue weighted by atomic mass is 9.77. The number of benzene rings is 4. The van der Waals surface area contributed by atoms with Crippen molar-refractivity contribution in [1.29, 1.82) is 0 Å². The summed E-state index contributed by atoms with van der Waals surface area (Å²) < 4.78 is 5.33. The van der Waals surface area contributed by atoms with E-state index in [1.807, 2.05) is 48.5 Å². The van der Waals surface area contributed by atoms with Crippen LogP contribution in [0.5, 0.6) is 5.75 Å². The Bertz CT molecular complexity index is 1720. The Balaban J connectivity index is 1.51. The van der Waals surface area contributed by atoms with E-state index >= 15 is 0 Å². The van der Waals surface area contributed by atoms with Gasteiger partial charge in [0.05, 0.1) is 24.5 Å². The van der Waals surface area contributed by atoms with Crippen molar-refractivity contribution < 1.29 is 14.3 Å². The highest BCUT2D eigenvalue weighted by molar-refractivity contribution is 6.31. The Labute approximate surface area is 258 Å². The van der Waals surface area contributed by atoms with Gasteiger partial charge in [-0.15, -0.1) is 0 Å². The average molecular weight is 591 g/mol. The third kappa shape index (κ3) is 5.46. The molecule has 0 aromatic heterocycles. The molecule has 0 saturated carbocycles. The zero-order valence-corrected chi connectivity index (χ0v) is 25.6. The molecule has 2 atom stereocenters. The van der Waals surface area contributed by atoms with Crippen LogP contribution in [0, 0.1) is 0 Å². The highest BCUT2D eigenvalue weighted by Crippen LogP contribution is 2.49. The summed E-state index contributed by atoms with van der Waals surface area (Å²) in [7, 11) is 1.59. The topological polar surface area (TPSA) is 58.6 Å². The van der Waals surface area contributed by atoms with Crippen LogP contribution in [0.3, 0.4) is 0 Å². The standard InChI is InChI=1S/C37H35ClN2O3/c1-37(2,3)26-17-13-23(14-18-26)25-21-31-34(33(41)22-25)35(28-9-5-6-10-29(28)38)40(32-12-8-7-11-30(32)39-31)36(42)24-15-19-27(43-4)20-16-24/h5-20,25,35,39H,21-22H2,1-4H3/t25-,35+/m0/s1. The number of anilines is 2. The molecule has 0 spiro atoms. The molecule has 1 N–H and O–H groups in total. The van der Waals surface area contributed by atoms with E-state index in [-0.39, 0.29) is 23.0 Å². The number of amides is 1. The van der Waals surface area contributed by atoms with Gasteiger partial charge in [-0.25, -0.2) is 0 Å². The van der Waals surface area contributed by atoms with E-state index in [0.29, 0.717) is 46.0 Å². The first-order chi connectivity index (χ1) is 20.7. The van der Waals surface area contributed by atoms with E-state index in [4.69, 9.17) is 16.3 Å². The average Bonchev–Trinajstić information content (AvgIpc) is 3.15. The zero-order valence-electron chi connectivity index (χ0n) is 24.9. The molecule has 4 aromatic rings. The van der Waals surface area contributed by atoms with Gasteiger partial charge < -0.3 is 10.1 Å². The van der Waals surface area contributed by atoms with Crippen molar-refractivity contribution in [2.45, 2.75) is 51.0 Å². The summed E-state index contributed by atoms with van der Waals surface area (Å²) in [6.45, 7) is 6.60. The Hall–Kier alpha value is -4.35. The number of rotatable bonds is 4. The van der Waals surface area contributed by atoms with Gasteiger partial charge in [-0.1, -0.05) is 87.0 Å². The maximum Gasteiger partial charge on any atom is 0.259 e. The quantitative estimate of drug-likeness (QED) is 0.258. The van der Waals surface area contributed by atoms with Crippen molar-refractivity contribution in [2.75, 3.05) is 17.3 Å². The van der Waals surface area contributed by atoms with Crippen molar-refractivity contribution >= 4 is 34.7 Å². The maximum atomic E-state index is 14.5. The summed E-state index contributed by atoms with van der Waals surface area (Å²) in [4.78, 5) is 30.5. The number of hydrogen-bond donors (Lipinski definition) is 1. The van der Waals surface area contributed by atoms with Crippen molar-refractivity contribution in [3.8, 4) is 5.75 Å². The number of fused-ring (bicyclic) bond motifs is 1. The molecule has 218 valence electrons. The lowest BCUT2D eigenvalue weighted by Crippen LogP contribution is -2.38. The monoisotopic (exact) mass is 590 g/mol. The number of carbonyl (C=O) groups excluding carboxylic acids is 2. The molecule has 43 heavy (non-hydrogen) atoms. The van der Waals surface area contributed by atoms with Crippen LogP contribution < -0.4 is 15.0 Å². The third-order valence-electron chi connectivity index (χ3n) is 8.49. The Kier molecular flexibility index (Phi) is 7.61. The molecule has 0 radical (unpaired) electrons. The largest absolute Gasteiger partial charge is 0.497 e. The second-order valence-corrected chi connectivity index (χ2v) is 12.7. The molecule has 5 nitrogen and oxygen atoms in total. The van der Waals surface area contributed by atoms with Gasteiger partial charge in [0.2, 0.25) is 0 Å². The third-order valence-corrected chi connectivity index (χ3v) is 8.84. The Morgan fingerprint density at radius 3 is 2.23 bits per heavy atom. The summed E-state index contributed by atoms with van der Waals surface area (Å²) in [6.07, 6.45) is 0.979. The fraction of sp³-hybridized carbons (Fsp3) is 0.243. The predicted molar refractivity (Wildman–Crippen MR) is 173 cm³/mol. The minimum atomic E-state index is -0.717.